The topological polar surface area (TPSA) is 155 Å². The van der Waals surface area contributed by atoms with E-state index in [0.29, 0.717) is 0 Å². The summed E-state index contributed by atoms with van der Waals surface area (Å²) in [5.41, 5.74) is 4.15. The van der Waals surface area contributed by atoms with Crippen molar-refractivity contribution in [3.63, 3.8) is 0 Å². The Morgan fingerprint density at radius 1 is 1.38 bits per heavy atom. The molecule has 0 spiro atoms. The number of ether oxygens (including phenoxy) is 1. The molecule has 156 valence electrons. The van der Waals surface area contributed by atoms with E-state index in [-0.39, 0.29) is 29.5 Å². The van der Waals surface area contributed by atoms with Crippen molar-refractivity contribution in [3.8, 4) is 5.82 Å². The molecular weight excluding hydrogens is 389 g/mol. The van der Waals surface area contributed by atoms with Gasteiger partial charge in [-0.25, -0.2) is 18.3 Å². The van der Waals surface area contributed by atoms with Gasteiger partial charge in [0, 0.05) is 25.9 Å². The molecule has 4 atom stereocenters. The SMILES string of the molecule is CCn1c(N)nc2c(c1=O)n(-c1ccn(C)n1)c(=O)n2[C@@H]1O[C@H](CO)[C@@H](F)[C@H]1O. The molecule has 1 aliphatic rings. The number of imidazole rings is 1. The van der Waals surface area contributed by atoms with Crippen molar-refractivity contribution >= 4 is 17.1 Å². The number of halogens is 1. The summed E-state index contributed by atoms with van der Waals surface area (Å²) in [5, 5.41) is 23.7. The molecule has 0 amide bonds. The number of rotatable bonds is 4. The second-order valence-corrected chi connectivity index (χ2v) is 6.71. The summed E-state index contributed by atoms with van der Waals surface area (Å²) in [6, 6.07) is 1.51. The molecule has 1 aliphatic heterocycles. The summed E-state index contributed by atoms with van der Waals surface area (Å²) in [4.78, 5) is 30.5. The molecule has 29 heavy (non-hydrogen) atoms. The van der Waals surface area contributed by atoms with Crippen molar-refractivity contribution in [1.82, 2.24) is 28.5 Å². The first kappa shape index (κ1) is 19.3. The molecule has 1 fully saturated rings. The number of nitrogen functional groups attached to an aromatic ring is 1. The lowest BCUT2D eigenvalue weighted by Crippen LogP contribution is -2.34. The van der Waals surface area contributed by atoms with Crippen molar-refractivity contribution in [3.05, 3.63) is 33.1 Å². The summed E-state index contributed by atoms with van der Waals surface area (Å²) >= 11 is 0. The second-order valence-electron chi connectivity index (χ2n) is 6.71. The normalized spacial score (nSPS) is 24.6. The van der Waals surface area contributed by atoms with Crippen LogP contribution in [0.25, 0.3) is 17.0 Å². The maximum atomic E-state index is 14.3. The Morgan fingerprint density at radius 3 is 2.66 bits per heavy atom. The lowest BCUT2D eigenvalue weighted by Gasteiger charge is -2.15. The number of aryl methyl sites for hydroxylation is 1. The fraction of sp³-hybridized carbons (Fsp3) is 0.500. The molecule has 0 saturated carbocycles. The Labute approximate surface area is 162 Å². The van der Waals surface area contributed by atoms with Crippen LogP contribution in [0.5, 0.6) is 0 Å². The van der Waals surface area contributed by atoms with Crippen molar-refractivity contribution in [2.24, 2.45) is 7.05 Å². The van der Waals surface area contributed by atoms with Gasteiger partial charge in [-0.1, -0.05) is 0 Å². The fourth-order valence-electron chi connectivity index (χ4n) is 3.55. The highest BCUT2D eigenvalue weighted by Gasteiger charge is 2.46. The summed E-state index contributed by atoms with van der Waals surface area (Å²) in [5.74, 6) is -0.0181. The van der Waals surface area contributed by atoms with Crippen LogP contribution in [0.15, 0.2) is 21.9 Å². The molecule has 0 aliphatic carbocycles. The number of aliphatic hydroxyl groups excluding tert-OH is 2. The van der Waals surface area contributed by atoms with Gasteiger partial charge in [-0.2, -0.15) is 10.1 Å². The van der Waals surface area contributed by atoms with E-state index in [2.05, 4.69) is 10.1 Å². The molecule has 4 heterocycles. The summed E-state index contributed by atoms with van der Waals surface area (Å²) in [7, 11) is 1.64. The zero-order valence-electron chi connectivity index (χ0n) is 15.6. The van der Waals surface area contributed by atoms with Gasteiger partial charge in [-0.15, -0.1) is 0 Å². The maximum absolute atomic E-state index is 14.3. The molecule has 0 aromatic carbocycles. The molecule has 0 radical (unpaired) electrons. The molecule has 3 aromatic rings. The number of alkyl halides is 1. The smallest absolute Gasteiger partial charge is 0.338 e. The minimum Gasteiger partial charge on any atom is -0.394 e. The van der Waals surface area contributed by atoms with Crippen LogP contribution in [0.2, 0.25) is 0 Å². The molecule has 0 unspecified atom stereocenters. The third kappa shape index (κ3) is 2.69. The summed E-state index contributed by atoms with van der Waals surface area (Å²) in [6.07, 6.45) is -4.95. The largest absolute Gasteiger partial charge is 0.394 e. The van der Waals surface area contributed by atoms with Crippen LogP contribution in [0.4, 0.5) is 10.3 Å². The van der Waals surface area contributed by atoms with E-state index < -0.39 is 42.5 Å². The number of hydrogen-bond acceptors (Lipinski definition) is 8. The highest BCUT2D eigenvalue weighted by atomic mass is 19.1. The second kappa shape index (κ2) is 6.79. The van der Waals surface area contributed by atoms with Crippen LogP contribution < -0.4 is 17.0 Å². The standard InChI is InChI=1S/C16H20FN7O5/c1-3-22-13(27)10-12(19-15(22)18)24(14-11(26)9(17)7(6-25)29-14)16(28)23(10)8-4-5-21(2)20-8/h4-5,7,9,11,14,25-26H,3,6H2,1-2H3,(H2,18,19)/t7-,9-,11-,14-/m1/s1. The maximum Gasteiger partial charge on any atom is 0.338 e. The van der Waals surface area contributed by atoms with E-state index in [1.54, 1.807) is 20.2 Å². The number of anilines is 1. The summed E-state index contributed by atoms with van der Waals surface area (Å²) in [6.45, 7) is 1.20. The molecule has 1 saturated heterocycles. The van der Waals surface area contributed by atoms with Crippen LogP contribution in [-0.4, -0.2) is 63.7 Å². The first-order valence-electron chi connectivity index (χ1n) is 8.91. The average Bonchev–Trinajstić information content (AvgIpc) is 3.31. The lowest BCUT2D eigenvalue weighted by atomic mass is 10.1. The van der Waals surface area contributed by atoms with Crippen LogP contribution in [0.3, 0.4) is 0 Å². The van der Waals surface area contributed by atoms with E-state index in [1.807, 2.05) is 0 Å². The van der Waals surface area contributed by atoms with Crippen LogP contribution in [0, 0.1) is 0 Å². The molecule has 13 heteroatoms. The van der Waals surface area contributed by atoms with Crippen LogP contribution in [0.1, 0.15) is 13.2 Å². The Hall–Kier alpha value is -3.03. The highest BCUT2D eigenvalue weighted by molar-refractivity contribution is 5.74. The first-order chi connectivity index (χ1) is 13.8. The van der Waals surface area contributed by atoms with Crippen LogP contribution >= 0.6 is 0 Å². The molecule has 3 aromatic heterocycles. The molecule has 12 nitrogen and oxygen atoms in total. The lowest BCUT2D eigenvalue weighted by molar-refractivity contribution is -0.0512. The quantitative estimate of drug-likeness (QED) is 0.459. The Bertz CT molecular complexity index is 1190. The zero-order chi connectivity index (χ0) is 21.0. The number of hydrogen-bond donors (Lipinski definition) is 3. The van der Waals surface area contributed by atoms with Gasteiger partial charge in [0.05, 0.1) is 6.61 Å². The highest BCUT2D eigenvalue weighted by Crippen LogP contribution is 2.32. The van der Waals surface area contributed by atoms with Gasteiger partial charge in [-0.3, -0.25) is 14.0 Å². The van der Waals surface area contributed by atoms with Crippen molar-refractivity contribution in [1.29, 1.82) is 0 Å². The Balaban J connectivity index is 2.08. The summed E-state index contributed by atoms with van der Waals surface area (Å²) < 4.78 is 24.1. The van der Waals surface area contributed by atoms with Crippen LogP contribution in [-0.2, 0) is 18.3 Å². The molecule has 4 N–H and O–H groups in total. The third-order valence-corrected chi connectivity index (χ3v) is 4.97. The molecular formula is C16H20FN7O5. The van der Waals surface area contributed by atoms with Gasteiger partial charge >= 0.3 is 5.69 Å². The number of aliphatic hydroxyl groups is 2. The zero-order valence-corrected chi connectivity index (χ0v) is 15.6. The van der Waals surface area contributed by atoms with Gasteiger partial charge in [0.25, 0.3) is 5.56 Å². The van der Waals surface area contributed by atoms with Gasteiger partial charge < -0.3 is 20.7 Å². The monoisotopic (exact) mass is 409 g/mol. The third-order valence-electron chi connectivity index (χ3n) is 4.97. The number of nitrogens with two attached hydrogens (primary N) is 1. The van der Waals surface area contributed by atoms with Gasteiger partial charge in [0.1, 0.15) is 12.2 Å². The number of fused-ring (bicyclic) bond motifs is 1. The molecule has 0 bridgehead atoms. The fourth-order valence-corrected chi connectivity index (χ4v) is 3.55. The van der Waals surface area contributed by atoms with Gasteiger partial charge in [0.2, 0.25) is 5.95 Å². The van der Waals surface area contributed by atoms with Crippen molar-refractivity contribution in [2.75, 3.05) is 12.3 Å². The number of aromatic nitrogens is 6. The van der Waals surface area contributed by atoms with Crippen molar-refractivity contribution in [2.45, 2.75) is 38.1 Å². The minimum atomic E-state index is -1.93. The molecule has 4 rings (SSSR count). The minimum absolute atomic E-state index is 0.135. The van der Waals surface area contributed by atoms with E-state index in [1.165, 1.54) is 15.3 Å². The Morgan fingerprint density at radius 2 is 2.10 bits per heavy atom. The van der Waals surface area contributed by atoms with Crippen molar-refractivity contribution < 1.29 is 19.3 Å². The first-order valence-corrected chi connectivity index (χ1v) is 8.91. The predicted octanol–water partition coefficient (Wildman–Crippen LogP) is -1.73. The van der Waals surface area contributed by atoms with E-state index in [9.17, 15) is 24.2 Å². The van der Waals surface area contributed by atoms with E-state index in [4.69, 9.17) is 10.5 Å². The predicted molar refractivity (Wildman–Crippen MR) is 98.3 cm³/mol. The Kier molecular flexibility index (Phi) is 4.52. The van der Waals surface area contributed by atoms with Gasteiger partial charge in [0.15, 0.2) is 29.4 Å². The average molecular weight is 409 g/mol. The van der Waals surface area contributed by atoms with E-state index >= 15 is 0 Å². The number of nitrogens with zero attached hydrogens (tertiary/aromatic N) is 6. The van der Waals surface area contributed by atoms with E-state index in [0.717, 1.165) is 9.13 Å². The van der Waals surface area contributed by atoms with Gasteiger partial charge in [-0.05, 0) is 6.92 Å².